The summed E-state index contributed by atoms with van der Waals surface area (Å²) in [6.07, 6.45) is -0.215. The van der Waals surface area contributed by atoms with Gasteiger partial charge in [0.2, 0.25) is 11.8 Å². The van der Waals surface area contributed by atoms with Gasteiger partial charge >= 0.3 is 0 Å². The first-order valence-electron chi connectivity index (χ1n) is 8.83. The highest BCUT2D eigenvalue weighted by Gasteiger charge is 2.39. The number of benzene rings is 2. The van der Waals surface area contributed by atoms with Gasteiger partial charge in [-0.3, -0.25) is 14.5 Å². The van der Waals surface area contributed by atoms with Crippen LogP contribution in [0.2, 0.25) is 0 Å². The Balaban J connectivity index is 1.75. The Bertz CT molecular complexity index is 1090. The highest BCUT2D eigenvalue weighted by Crippen LogP contribution is 2.31. The smallest absolute Gasteiger partial charge is 0.284 e. The third-order valence-corrected chi connectivity index (χ3v) is 6.72. The van der Waals surface area contributed by atoms with Crippen molar-refractivity contribution in [2.24, 2.45) is 4.40 Å². The van der Waals surface area contributed by atoms with E-state index in [2.05, 4.69) is 9.71 Å². The maximum Gasteiger partial charge on any atom is 0.284 e. The van der Waals surface area contributed by atoms with Gasteiger partial charge < -0.3 is 5.32 Å². The van der Waals surface area contributed by atoms with Crippen LogP contribution in [-0.4, -0.2) is 42.1 Å². The molecular weight excluding hydrogens is 436 g/mol. The topological polar surface area (TPSA) is 95.9 Å². The maximum atomic E-state index is 13.1. The minimum atomic E-state index is -4.16. The second kappa shape index (κ2) is 8.92. The molecule has 1 N–H and O–H groups in total. The highest BCUT2D eigenvalue weighted by molar-refractivity contribution is 8.16. The molecule has 2 amide bonds. The molecule has 1 atom stereocenters. The van der Waals surface area contributed by atoms with Crippen LogP contribution in [0.1, 0.15) is 13.3 Å². The minimum absolute atomic E-state index is 0.0496. The number of thioether (sulfide) groups is 1. The zero-order valence-electron chi connectivity index (χ0n) is 15.7. The molecule has 0 spiro atoms. The quantitative estimate of drug-likeness (QED) is 0.726. The summed E-state index contributed by atoms with van der Waals surface area (Å²) in [4.78, 5) is 25.8. The number of halogens is 2. The van der Waals surface area contributed by atoms with Gasteiger partial charge in [0.1, 0.15) is 16.9 Å². The van der Waals surface area contributed by atoms with Crippen molar-refractivity contribution in [3.8, 4) is 0 Å². The van der Waals surface area contributed by atoms with E-state index in [9.17, 15) is 26.8 Å². The van der Waals surface area contributed by atoms with Gasteiger partial charge in [-0.25, -0.2) is 8.78 Å². The van der Waals surface area contributed by atoms with Gasteiger partial charge in [0.05, 0.1) is 4.90 Å². The number of anilines is 1. The molecule has 158 valence electrons. The summed E-state index contributed by atoms with van der Waals surface area (Å²) in [5.41, 5.74) is 0.372. The van der Waals surface area contributed by atoms with Crippen LogP contribution in [0.4, 0.5) is 14.5 Å². The van der Waals surface area contributed by atoms with E-state index in [4.69, 9.17) is 0 Å². The Morgan fingerprint density at radius 2 is 1.67 bits per heavy atom. The van der Waals surface area contributed by atoms with Crippen molar-refractivity contribution in [3.63, 3.8) is 0 Å². The Morgan fingerprint density at radius 1 is 1.10 bits per heavy atom. The van der Waals surface area contributed by atoms with E-state index in [1.165, 1.54) is 29.2 Å². The lowest BCUT2D eigenvalue weighted by atomic mass is 10.2. The number of carbonyl (C=O) groups is 2. The van der Waals surface area contributed by atoms with E-state index in [0.717, 1.165) is 36.0 Å². The van der Waals surface area contributed by atoms with Crippen molar-refractivity contribution in [1.29, 1.82) is 0 Å². The van der Waals surface area contributed by atoms with Crippen molar-refractivity contribution < 1.29 is 26.8 Å². The summed E-state index contributed by atoms with van der Waals surface area (Å²) in [6, 6.07) is 9.32. The molecule has 1 heterocycles. The Morgan fingerprint density at radius 3 is 2.23 bits per heavy atom. The SMILES string of the molecule is CCN1C(=O)[C@H](CC(=O)Nc2ccc(F)cc2)SC1=NS(=O)(=O)c1ccc(F)cc1. The molecule has 30 heavy (non-hydrogen) atoms. The van der Waals surface area contributed by atoms with Crippen LogP contribution in [-0.2, 0) is 19.6 Å². The number of amides is 2. The number of amidine groups is 1. The lowest BCUT2D eigenvalue weighted by Crippen LogP contribution is -2.33. The lowest BCUT2D eigenvalue weighted by Gasteiger charge is -2.13. The van der Waals surface area contributed by atoms with E-state index < -0.39 is 38.7 Å². The summed E-state index contributed by atoms with van der Waals surface area (Å²) in [6.45, 7) is 1.82. The number of carbonyl (C=O) groups excluding carboxylic acids is 2. The molecule has 0 saturated carbocycles. The molecule has 2 aromatic carbocycles. The van der Waals surface area contributed by atoms with E-state index in [-0.39, 0.29) is 23.0 Å². The minimum Gasteiger partial charge on any atom is -0.326 e. The molecule has 0 aliphatic carbocycles. The fourth-order valence-corrected chi connectivity index (χ4v) is 5.10. The van der Waals surface area contributed by atoms with Crippen molar-refractivity contribution >= 4 is 44.5 Å². The van der Waals surface area contributed by atoms with E-state index in [1.807, 2.05) is 0 Å². The summed E-state index contributed by atoms with van der Waals surface area (Å²) < 4.78 is 54.7. The van der Waals surface area contributed by atoms with E-state index in [1.54, 1.807) is 6.92 Å². The zero-order valence-corrected chi connectivity index (χ0v) is 17.3. The predicted molar refractivity (Wildman–Crippen MR) is 109 cm³/mol. The number of nitrogens with zero attached hydrogens (tertiary/aromatic N) is 2. The number of hydrogen-bond acceptors (Lipinski definition) is 5. The van der Waals surface area contributed by atoms with Crippen molar-refractivity contribution in [2.45, 2.75) is 23.5 Å². The van der Waals surface area contributed by atoms with Gasteiger partial charge in [-0.05, 0) is 55.5 Å². The maximum absolute atomic E-state index is 13.1. The van der Waals surface area contributed by atoms with Crippen LogP contribution in [0.25, 0.3) is 0 Å². The fourth-order valence-electron chi connectivity index (χ4n) is 2.68. The molecule has 0 aromatic heterocycles. The number of rotatable bonds is 6. The lowest BCUT2D eigenvalue weighted by molar-refractivity contribution is -0.128. The predicted octanol–water partition coefficient (Wildman–Crippen LogP) is 3.00. The highest BCUT2D eigenvalue weighted by atomic mass is 32.2. The summed E-state index contributed by atoms with van der Waals surface area (Å²) in [5.74, 6) is -1.96. The molecule has 0 bridgehead atoms. The van der Waals surface area contributed by atoms with Crippen LogP contribution in [0.15, 0.2) is 57.8 Å². The standard InChI is InChI=1S/C19H17F2N3O4S2/c1-2-24-18(26)16(11-17(25)22-14-7-3-12(20)4-8-14)29-19(24)23-30(27,28)15-9-5-13(21)6-10-15/h3-10,16H,2,11H2,1H3,(H,22,25)/t16-/m0/s1. The molecule has 7 nitrogen and oxygen atoms in total. The number of nitrogens with one attached hydrogen (secondary N) is 1. The fraction of sp³-hybridized carbons (Fsp3) is 0.211. The zero-order chi connectivity index (χ0) is 21.9. The molecule has 1 aliphatic heterocycles. The molecule has 3 rings (SSSR count). The second-order valence-corrected chi connectivity index (χ2v) is 9.03. The summed E-state index contributed by atoms with van der Waals surface area (Å²) in [5, 5.41) is 1.66. The first-order valence-corrected chi connectivity index (χ1v) is 11.2. The van der Waals surface area contributed by atoms with Gasteiger partial charge in [-0.15, -0.1) is 4.40 Å². The van der Waals surface area contributed by atoms with E-state index in [0.29, 0.717) is 5.69 Å². The molecule has 1 fully saturated rings. The molecule has 2 aromatic rings. The summed E-state index contributed by atoms with van der Waals surface area (Å²) in [7, 11) is -4.16. The molecular formula is C19H17F2N3O4S2. The van der Waals surface area contributed by atoms with E-state index >= 15 is 0 Å². The van der Waals surface area contributed by atoms with Gasteiger partial charge in [0, 0.05) is 18.7 Å². The molecule has 1 saturated heterocycles. The van der Waals surface area contributed by atoms with Crippen LogP contribution in [0, 0.1) is 11.6 Å². The van der Waals surface area contributed by atoms with Crippen LogP contribution >= 0.6 is 11.8 Å². The monoisotopic (exact) mass is 453 g/mol. The van der Waals surface area contributed by atoms with Crippen molar-refractivity contribution in [3.05, 3.63) is 60.2 Å². The van der Waals surface area contributed by atoms with Gasteiger partial charge in [0.25, 0.3) is 10.0 Å². The Hall–Kier alpha value is -2.79. The Kier molecular flexibility index (Phi) is 6.52. The average molecular weight is 453 g/mol. The third kappa shape index (κ3) is 5.03. The molecule has 0 unspecified atom stereocenters. The second-order valence-electron chi connectivity index (χ2n) is 6.25. The molecule has 1 aliphatic rings. The van der Waals surface area contributed by atoms with Gasteiger partial charge in [-0.1, -0.05) is 11.8 Å². The van der Waals surface area contributed by atoms with Crippen LogP contribution < -0.4 is 5.32 Å². The summed E-state index contributed by atoms with van der Waals surface area (Å²) >= 11 is 0.870. The number of sulfonamides is 1. The average Bonchev–Trinajstić information content (AvgIpc) is 2.97. The normalized spacial score (nSPS) is 18.1. The molecule has 11 heteroatoms. The first kappa shape index (κ1) is 21.9. The first-order chi connectivity index (χ1) is 14.2. The Labute approximate surface area is 176 Å². The largest absolute Gasteiger partial charge is 0.326 e. The van der Waals surface area contributed by atoms with Gasteiger partial charge in [0.15, 0.2) is 5.17 Å². The third-order valence-electron chi connectivity index (χ3n) is 4.14. The van der Waals surface area contributed by atoms with Gasteiger partial charge in [-0.2, -0.15) is 8.42 Å². The van der Waals surface area contributed by atoms with Crippen molar-refractivity contribution in [2.75, 3.05) is 11.9 Å². The van der Waals surface area contributed by atoms with Crippen LogP contribution in [0.5, 0.6) is 0 Å². The number of hydrogen-bond donors (Lipinski definition) is 1. The van der Waals surface area contributed by atoms with Crippen LogP contribution in [0.3, 0.4) is 0 Å². The molecule has 0 radical (unpaired) electrons. The van der Waals surface area contributed by atoms with Crippen molar-refractivity contribution in [1.82, 2.24) is 4.90 Å².